The highest BCUT2D eigenvalue weighted by Crippen LogP contribution is 2.26. The summed E-state index contributed by atoms with van der Waals surface area (Å²) in [6, 6.07) is 13.1. The van der Waals surface area contributed by atoms with Crippen LogP contribution in [0.5, 0.6) is 5.75 Å². The molecule has 30 heavy (non-hydrogen) atoms. The average molecular weight is 429 g/mol. The maximum absolute atomic E-state index is 13.3. The van der Waals surface area contributed by atoms with Gasteiger partial charge in [-0.25, -0.2) is 9.37 Å². The van der Waals surface area contributed by atoms with Gasteiger partial charge in [0.15, 0.2) is 5.13 Å². The summed E-state index contributed by atoms with van der Waals surface area (Å²) in [4.78, 5) is 9.50. The van der Waals surface area contributed by atoms with Crippen molar-refractivity contribution in [1.29, 1.82) is 0 Å². The van der Waals surface area contributed by atoms with Gasteiger partial charge in [0.1, 0.15) is 11.6 Å². The molecule has 2 heterocycles. The summed E-state index contributed by atoms with van der Waals surface area (Å²) in [5.74, 6) is 0.781. The second kappa shape index (κ2) is 9.73. The van der Waals surface area contributed by atoms with E-state index in [0.29, 0.717) is 0 Å². The third kappa shape index (κ3) is 5.47. The Bertz CT molecular complexity index is 969. The maximum Gasteiger partial charge on any atom is 0.183 e. The van der Waals surface area contributed by atoms with Crippen LogP contribution >= 0.6 is 11.3 Å². The van der Waals surface area contributed by atoms with Crippen LogP contribution in [0.25, 0.3) is 10.2 Å². The topological polar surface area (TPSA) is 40.6 Å². The Morgan fingerprint density at radius 1 is 1.10 bits per heavy atom. The largest absolute Gasteiger partial charge is 0.491 e. The highest BCUT2D eigenvalue weighted by Gasteiger charge is 2.18. The van der Waals surface area contributed by atoms with E-state index in [4.69, 9.17) is 4.74 Å². The number of nitrogens with one attached hydrogen (secondary N) is 1. The number of benzene rings is 2. The molecular weight excluding hydrogens is 399 g/mol. The van der Waals surface area contributed by atoms with Crippen molar-refractivity contribution < 1.29 is 9.13 Å². The summed E-state index contributed by atoms with van der Waals surface area (Å²) in [6.45, 7) is 11.1. The molecule has 1 N–H and O–H groups in total. The Labute approximate surface area is 181 Å². The molecule has 0 radical (unpaired) electrons. The zero-order valence-corrected chi connectivity index (χ0v) is 18.4. The standard InChI is InChI=1S/C23H29FN4OS/c1-17(2)29-21-6-4-3-5-18(21)16-28-13-11-27(12-14-28)10-9-25-23-26-20-8-7-19(24)15-22(20)30-23/h3-8,15,17H,9-14,16H2,1-2H3,(H,25,26). The molecule has 0 amide bonds. The van der Waals surface area contributed by atoms with Gasteiger partial charge in [-0.15, -0.1) is 0 Å². The second-order valence-corrected chi connectivity index (χ2v) is 8.98. The van der Waals surface area contributed by atoms with E-state index in [0.717, 1.165) is 66.9 Å². The summed E-state index contributed by atoms with van der Waals surface area (Å²) in [5, 5.41) is 4.25. The summed E-state index contributed by atoms with van der Waals surface area (Å²) < 4.78 is 20.2. The first-order valence-corrected chi connectivity index (χ1v) is 11.4. The first kappa shape index (κ1) is 21.0. The van der Waals surface area contributed by atoms with Gasteiger partial charge in [-0.2, -0.15) is 0 Å². The van der Waals surface area contributed by atoms with Crippen LogP contribution in [0.1, 0.15) is 19.4 Å². The number of piperazine rings is 1. The van der Waals surface area contributed by atoms with E-state index in [1.54, 1.807) is 12.1 Å². The first-order valence-electron chi connectivity index (χ1n) is 10.6. The van der Waals surface area contributed by atoms with Gasteiger partial charge in [0.05, 0.1) is 16.3 Å². The van der Waals surface area contributed by atoms with Gasteiger partial charge in [-0.05, 0) is 38.1 Å². The third-order valence-corrected chi connectivity index (χ3v) is 6.22. The smallest absolute Gasteiger partial charge is 0.183 e. The molecular formula is C23H29FN4OS. The molecule has 0 saturated carbocycles. The highest BCUT2D eigenvalue weighted by atomic mass is 32.1. The predicted octanol–water partition coefficient (Wildman–Crippen LogP) is 4.45. The van der Waals surface area contributed by atoms with E-state index in [-0.39, 0.29) is 11.9 Å². The summed E-state index contributed by atoms with van der Waals surface area (Å²) in [5.41, 5.74) is 2.10. The minimum absolute atomic E-state index is 0.185. The molecule has 1 saturated heterocycles. The van der Waals surface area contributed by atoms with Gasteiger partial charge in [-0.3, -0.25) is 9.80 Å². The van der Waals surface area contributed by atoms with Crippen LogP contribution in [0.2, 0.25) is 0 Å². The van der Waals surface area contributed by atoms with E-state index in [2.05, 4.69) is 52.1 Å². The van der Waals surface area contributed by atoms with E-state index in [9.17, 15) is 4.39 Å². The van der Waals surface area contributed by atoms with Gasteiger partial charge in [0, 0.05) is 51.4 Å². The lowest BCUT2D eigenvalue weighted by Crippen LogP contribution is -2.47. The second-order valence-electron chi connectivity index (χ2n) is 7.95. The Morgan fingerprint density at radius 3 is 2.67 bits per heavy atom. The monoisotopic (exact) mass is 428 g/mol. The van der Waals surface area contributed by atoms with Crippen molar-refractivity contribution in [3.63, 3.8) is 0 Å². The minimum atomic E-state index is -0.214. The molecule has 2 aromatic carbocycles. The number of nitrogens with zero attached hydrogens (tertiary/aromatic N) is 3. The summed E-state index contributed by atoms with van der Waals surface area (Å²) in [7, 11) is 0. The highest BCUT2D eigenvalue weighted by molar-refractivity contribution is 7.22. The number of ether oxygens (including phenoxy) is 1. The zero-order valence-electron chi connectivity index (χ0n) is 17.6. The number of fused-ring (bicyclic) bond motifs is 1. The Kier molecular flexibility index (Phi) is 6.82. The van der Waals surface area contributed by atoms with Crippen molar-refractivity contribution in [2.75, 3.05) is 44.6 Å². The van der Waals surface area contributed by atoms with Crippen molar-refractivity contribution in [2.24, 2.45) is 0 Å². The number of thiazole rings is 1. The number of hydrogen-bond donors (Lipinski definition) is 1. The Morgan fingerprint density at radius 2 is 1.87 bits per heavy atom. The molecule has 160 valence electrons. The summed E-state index contributed by atoms with van der Waals surface area (Å²) in [6.07, 6.45) is 0.185. The fourth-order valence-electron chi connectivity index (χ4n) is 3.71. The molecule has 3 aromatic rings. The lowest BCUT2D eigenvalue weighted by atomic mass is 10.1. The molecule has 0 aliphatic carbocycles. The fourth-order valence-corrected chi connectivity index (χ4v) is 4.63. The third-order valence-electron chi connectivity index (χ3n) is 5.25. The maximum atomic E-state index is 13.3. The Hall–Kier alpha value is -2.22. The predicted molar refractivity (Wildman–Crippen MR) is 122 cm³/mol. The number of aromatic nitrogens is 1. The van der Waals surface area contributed by atoms with E-state index in [1.807, 2.05) is 6.07 Å². The van der Waals surface area contributed by atoms with Crippen LogP contribution in [0, 0.1) is 5.82 Å². The van der Waals surface area contributed by atoms with Gasteiger partial charge in [0.2, 0.25) is 0 Å². The van der Waals surface area contributed by atoms with Gasteiger partial charge < -0.3 is 10.1 Å². The van der Waals surface area contributed by atoms with Crippen molar-refractivity contribution in [3.8, 4) is 5.75 Å². The zero-order chi connectivity index (χ0) is 20.9. The van der Waals surface area contributed by atoms with E-state index >= 15 is 0 Å². The number of anilines is 1. The van der Waals surface area contributed by atoms with E-state index < -0.39 is 0 Å². The first-order chi connectivity index (χ1) is 14.6. The van der Waals surface area contributed by atoms with Gasteiger partial charge >= 0.3 is 0 Å². The van der Waals surface area contributed by atoms with Crippen LogP contribution in [0.3, 0.4) is 0 Å². The summed E-state index contributed by atoms with van der Waals surface area (Å²) >= 11 is 1.50. The lowest BCUT2D eigenvalue weighted by Gasteiger charge is -2.35. The number of halogens is 1. The fraction of sp³-hybridized carbons (Fsp3) is 0.435. The SMILES string of the molecule is CC(C)Oc1ccccc1CN1CCN(CCNc2nc3ccc(F)cc3s2)CC1. The molecule has 1 aromatic heterocycles. The molecule has 1 fully saturated rings. The van der Waals surface area contributed by atoms with Crippen LogP contribution in [-0.4, -0.2) is 60.2 Å². The number of hydrogen-bond acceptors (Lipinski definition) is 6. The van der Waals surface area contributed by atoms with Gasteiger partial charge in [0.25, 0.3) is 0 Å². The molecule has 1 aliphatic rings. The van der Waals surface area contributed by atoms with Crippen LogP contribution in [0.15, 0.2) is 42.5 Å². The van der Waals surface area contributed by atoms with E-state index in [1.165, 1.54) is 23.0 Å². The molecule has 4 rings (SSSR count). The molecule has 0 atom stereocenters. The van der Waals surface area contributed by atoms with Gasteiger partial charge in [-0.1, -0.05) is 29.5 Å². The van der Waals surface area contributed by atoms with Crippen LogP contribution in [0.4, 0.5) is 9.52 Å². The van der Waals surface area contributed by atoms with Crippen molar-refractivity contribution in [1.82, 2.24) is 14.8 Å². The molecule has 0 spiro atoms. The molecule has 0 bridgehead atoms. The van der Waals surface area contributed by atoms with Crippen molar-refractivity contribution >= 4 is 26.7 Å². The van der Waals surface area contributed by atoms with Crippen LogP contribution < -0.4 is 10.1 Å². The number of para-hydroxylation sites is 1. The van der Waals surface area contributed by atoms with Crippen molar-refractivity contribution in [3.05, 3.63) is 53.8 Å². The van der Waals surface area contributed by atoms with Crippen molar-refractivity contribution in [2.45, 2.75) is 26.5 Å². The Balaban J connectivity index is 1.22. The minimum Gasteiger partial charge on any atom is -0.491 e. The normalized spacial score (nSPS) is 15.7. The molecule has 0 unspecified atom stereocenters. The molecule has 7 heteroatoms. The molecule has 5 nitrogen and oxygen atoms in total. The lowest BCUT2D eigenvalue weighted by molar-refractivity contribution is 0.128. The molecule has 1 aliphatic heterocycles. The quantitative estimate of drug-likeness (QED) is 0.574. The van der Waals surface area contributed by atoms with Crippen LogP contribution in [-0.2, 0) is 6.54 Å². The number of rotatable bonds is 8. The average Bonchev–Trinajstić information content (AvgIpc) is 3.12.